The zero-order valence-electron chi connectivity index (χ0n) is 17.7. The number of carbonyl (C=O) groups is 1. The first-order valence-electron chi connectivity index (χ1n) is 9.78. The molecule has 1 amide bonds. The largest absolute Gasteiger partial charge is 0.376 e. The molecule has 2 aromatic carbocycles. The predicted octanol–water partition coefficient (Wildman–Crippen LogP) is 5.22. The van der Waals surface area contributed by atoms with Crippen molar-refractivity contribution in [3.8, 4) is 0 Å². The van der Waals surface area contributed by atoms with Crippen LogP contribution < -0.4 is 16.2 Å². The average molecular weight is 443 g/mol. The molecule has 1 atom stereocenters. The molecule has 3 rings (SSSR count). The van der Waals surface area contributed by atoms with E-state index in [1.807, 2.05) is 39.8 Å². The number of benzene rings is 2. The lowest BCUT2D eigenvalue weighted by molar-refractivity contribution is 0.102. The number of nitrogens with zero attached hydrogens (tertiary/aromatic N) is 2. The lowest BCUT2D eigenvalue weighted by Crippen LogP contribution is -2.36. The SMILES string of the molecule is CC(Nc1cnn(C(C)(C)C)c(=O)c1Cl)c1ccc(NC(=O)c2ccc(F)cc2)cc1. The second kappa shape index (κ2) is 8.89. The van der Waals surface area contributed by atoms with Crippen LogP contribution in [0.2, 0.25) is 5.02 Å². The molecule has 0 saturated carbocycles. The van der Waals surface area contributed by atoms with Gasteiger partial charge in [-0.2, -0.15) is 5.10 Å². The van der Waals surface area contributed by atoms with E-state index in [9.17, 15) is 14.0 Å². The Bertz CT molecular complexity index is 1140. The molecular weight excluding hydrogens is 419 g/mol. The van der Waals surface area contributed by atoms with Crippen LogP contribution in [0.25, 0.3) is 0 Å². The summed E-state index contributed by atoms with van der Waals surface area (Å²) in [4.78, 5) is 24.8. The van der Waals surface area contributed by atoms with E-state index >= 15 is 0 Å². The van der Waals surface area contributed by atoms with Crippen molar-refractivity contribution in [1.29, 1.82) is 0 Å². The van der Waals surface area contributed by atoms with Crippen LogP contribution in [0.5, 0.6) is 0 Å². The van der Waals surface area contributed by atoms with Gasteiger partial charge in [-0.05, 0) is 69.7 Å². The van der Waals surface area contributed by atoms with Crippen LogP contribution in [0, 0.1) is 5.82 Å². The standard InChI is InChI=1S/C23H24ClFN4O2/c1-14(27-19-13-26-29(23(2,3)4)22(31)20(19)24)15-7-11-18(12-8-15)28-21(30)16-5-9-17(25)10-6-16/h5-14,27H,1-4H3,(H,28,30). The summed E-state index contributed by atoms with van der Waals surface area (Å²) in [5, 5.41) is 10.3. The van der Waals surface area contributed by atoms with Gasteiger partial charge in [0.2, 0.25) is 0 Å². The highest BCUT2D eigenvalue weighted by molar-refractivity contribution is 6.32. The second-order valence-electron chi connectivity index (χ2n) is 8.21. The van der Waals surface area contributed by atoms with Crippen LogP contribution >= 0.6 is 11.6 Å². The Morgan fingerprint density at radius 3 is 2.29 bits per heavy atom. The minimum absolute atomic E-state index is 0.0833. The number of halogens is 2. The molecule has 0 fully saturated rings. The Morgan fingerprint density at radius 1 is 1.10 bits per heavy atom. The van der Waals surface area contributed by atoms with E-state index in [4.69, 9.17) is 11.6 Å². The number of rotatable bonds is 5. The maximum absolute atomic E-state index is 13.0. The molecule has 0 spiro atoms. The van der Waals surface area contributed by atoms with Gasteiger partial charge in [-0.15, -0.1) is 0 Å². The number of amides is 1. The van der Waals surface area contributed by atoms with Crippen molar-refractivity contribution in [3.05, 3.63) is 87.0 Å². The number of carbonyl (C=O) groups excluding carboxylic acids is 1. The molecule has 0 aliphatic rings. The zero-order chi connectivity index (χ0) is 22.8. The molecule has 1 unspecified atom stereocenters. The molecule has 6 nitrogen and oxygen atoms in total. The lowest BCUT2D eigenvalue weighted by Gasteiger charge is -2.22. The van der Waals surface area contributed by atoms with E-state index < -0.39 is 11.4 Å². The van der Waals surface area contributed by atoms with E-state index in [2.05, 4.69) is 15.7 Å². The third kappa shape index (κ3) is 5.30. The van der Waals surface area contributed by atoms with E-state index in [1.165, 1.54) is 28.9 Å². The molecule has 0 radical (unpaired) electrons. The monoisotopic (exact) mass is 442 g/mol. The van der Waals surface area contributed by atoms with Gasteiger partial charge in [0, 0.05) is 17.3 Å². The van der Waals surface area contributed by atoms with Crippen molar-refractivity contribution in [2.45, 2.75) is 39.3 Å². The Kier molecular flexibility index (Phi) is 6.45. The Hall–Kier alpha value is -3.19. The van der Waals surface area contributed by atoms with Gasteiger partial charge in [-0.25, -0.2) is 9.07 Å². The first-order valence-corrected chi connectivity index (χ1v) is 10.2. The summed E-state index contributed by atoms with van der Waals surface area (Å²) < 4.78 is 14.4. The smallest absolute Gasteiger partial charge is 0.288 e. The number of hydrogen-bond donors (Lipinski definition) is 2. The highest BCUT2D eigenvalue weighted by Gasteiger charge is 2.20. The van der Waals surface area contributed by atoms with Gasteiger partial charge in [0.25, 0.3) is 11.5 Å². The summed E-state index contributed by atoms with van der Waals surface area (Å²) in [7, 11) is 0. The number of nitrogens with one attached hydrogen (secondary N) is 2. The molecule has 1 heterocycles. The third-order valence-corrected chi connectivity index (χ3v) is 5.07. The van der Waals surface area contributed by atoms with Crippen LogP contribution in [0.1, 0.15) is 49.7 Å². The highest BCUT2D eigenvalue weighted by atomic mass is 35.5. The topological polar surface area (TPSA) is 76.0 Å². The van der Waals surface area contributed by atoms with Crippen molar-refractivity contribution in [3.63, 3.8) is 0 Å². The van der Waals surface area contributed by atoms with Gasteiger partial charge in [-0.1, -0.05) is 23.7 Å². The van der Waals surface area contributed by atoms with Gasteiger partial charge in [0.05, 0.1) is 17.4 Å². The summed E-state index contributed by atoms with van der Waals surface area (Å²) in [5.74, 6) is -0.718. The van der Waals surface area contributed by atoms with Crippen LogP contribution in [0.4, 0.5) is 15.8 Å². The van der Waals surface area contributed by atoms with Crippen molar-refractivity contribution >= 4 is 28.9 Å². The number of aromatic nitrogens is 2. The normalized spacial score (nSPS) is 12.3. The average Bonchev–Trinajstić information content (AvgIpc) is 2.71. The summed E-state index contributed by atoms with van der Waals surface area (Å²) in [5.41, 5.74) is 1.53. The van der Waals surface area contributed by atoms with Crippen LogP contribution in [-0.2, 0) is 5.54 Å². The summed E-state index contributed by atoms with van der Waals surface area (Å²) >= 11 is 6.28. The van der Waals surface area contributed by atoms with Crippen molar-refractivity contribution in [2.75, 3.05) is 10.6 Å². The molecular formula is C23H24ClFN4O2. The molecule has 0 aliphatic carbocycles. The van der Waals surface area contributed by atoms with E-state index in [-0.39, 0.29) is 22.5 Å². The first-order chi connectivity index (χ1) is 14.6. The second-order valence-corrected chi connectivity index (χ2v) is 8.59. The molecule has 1 aromatic heterocycles. The molecule has 3 aromatic rings. The molecule has 162 valence electrons. The van der Waals surface area contributed by atoms with Crippen molar-refractivity contribution in [1.82, 2.24) is 9.78 Å². The molecule has 0 bridgehead atoms. The van der Waals surface area contributed by atoms with Gasteiger partial charge in [0.15, 0.2) is 0 Å². The Balaban J connectivity index is 1.70. The van der Waals surface area contributed by atoms with E-state index in [1.54, 1.807) is 18.3 Å². The van der Waals surface area contributed by atoms with Gasteiger partial charge in [0.1, 0.15) is 10.8 Å². The van der Waals surface area contributed by atoms with Crippen LogP contribution in [0.3, 0.4) is 0 Å². The fraction of sp³-hybridized carbons (Fsp3) is 0.261. The van der Waals surface area contributed by atoms with Crippen LogP contribution in [-0.4, -0.2) is 15.7 Å². The minimum atomic E-state index is -0.473. The molecule has 8 heteroatoms. The summed E-state index contributed by atoms with van der Waals surface area (Å²) in [6.07, 6.45) is 1.54. The fourth-order valence-electron chi connectivity index (χ4n) is 2.99. The third-order valence-electron chi connectivity index (χ3n) is 4.70. The van der Waals surface area contributed by atoms with E-state index in [0.29, 0.717) is 16.9 Å². The van der Waals surface area contributed by atoms with E-state index in [0.717, 1.165) is 5.56 Å². The maximum atomic E-state index is 13.0. The molecule has 31 heavy (non-hydrogen) atoms. The maximum Gasteiger partial charge on any atom is 0.288 e. The Morgan fingerprint density at radius 2 is 1.71 bits per heavy atom. The Labute approximate surface area is 185 Å². The quantitative estimate of drug-likeness (QED) is 0.568. The molecule has 0 saturated heterocycles. The van der Waals surface area contributed by atoms with Crippen LogP contribution in [0.15, 0.2) is 59.5 Å². The predicted molar refractivity (Wildman–Crippen MR) is 121 cm³/mol. The highest BCUT2D eigenvalue weighted by Crippen LogP contribution is 2.25. The van der Waals surface area contributed by atoms with Gasteiger partial charge < -0.3 is 10.6 Å². The molecule has 0 aliphatic heterocycles. The number of hydrogen-bond acceptors (Lipinski definition) is 4. The first kappa shape index (κ1) is 22.5. The summed E-state index contributed by atoms with van der Waals surface area (Å²) in [6, 6.07) is 12.4. The zero-order valence-corrected chi connectivity index (χ0v) is 18.5. The fourth-order valence-corrected chi connectivity index (χ4v) is 3.17. The van der Waals surface area contributed by atoms with Gasteiger partial charge in [-0.3, -0.25) is 9.59 Å². The number of anilines is 2. The van der Waals surface area contributed by atoms with Gasteiger partial charge >= 0.3 is 0 Å². The summed E-state index contributed by atoms with van der Waals surface area (Å²) in [6.45, 7) is 7.56. The lowest BCUT2D eigenvalue weighted by atomic mass is 10.1. The minimum Gasteiger partial charge on any atom is -0.376 e. The molecule has 2 N–H and O–H groups in total. The van der Waals surface area contributed by atoms with Crippen molar-refractivity contribution < 1.29 is 9.18 Å². The van der Waals surface area contributed by atoms with Crippen molar-refractivity contribution in [2.24, 2.45) is 0 Å².